The van der Waals surface area contributed by atoms with E-state index in [1.54, 1.807) is 24.5 Å². The second kappa shape index (κ2) is 7.80. The molecule has 1 aliphatic heterocycles. The van der Waals surface area contributed by atoms with E-state index in [9.17, 15) is 4.39 Å². The van der Waals surface area contributed by atoms with Gasteiger partial charge in [-0.3, -0.25) is 0 Å². The molecule has 0 unspecified atom stereocenters. The highest BCUT2D eigenvalue weighted by Gasteiger charge is 2.25. The number of anilines is 1. The molecule has 1 saturated heterocycles. The van der Waals surface area contributed by atoms with Gasteiger partial charge in [-0.25, -0.2) is 19.3 Å². The lowest BCUT2D eigenvalue weighted by Crippen LogP contribution is -2.26. The summed E-state index contributed by atoms with van der Waals surface area (Å²) in [5, 5.41) is 7.94. The average Bonchev–Trinajstić information content (AvgIpc) is 3.45. The average molecular weight is 410 g/mol. The number of halogens is 1. The van der Waals surface area contributed by atoms with Gasteiger partial charge in [0.2, 0.25) is 5.95 Å². The molecule has 5 nitrogen and oxygen atoms in total. The van der Waals surface area contributed by atoms with Crippen LogP contribution in [0.4, 0.5) is 10.3 Å². The first-order valence-corrected chi connectivity index (χ1v) is 11.1. The van der Waals surface area contributed by atoms with Gasteiger partial charge >= 0.3 is 0 Å². The smallest absolute Gasteiger partial charge is 0.223 e. The van der Waals surface area contributed by atoms with Crippen LogP contribution in [0.2, 0.25) is 0 Å². The first kappa shape index (κ1) is 18.6. The highest BCUT2D eigenvalue weighted by Crippen LogP contribution is 2.41. The van der Waals surface area contributed by atoms with Crippen LogP contribution in [0.1, 0.15) is 42.2 Å². The summed E-state index contributed by atoms with van der Waals surface area (Å²) in [6, 6.07) is 7.66. The number of aryl methyl sites for hydroxylation is 1. The lowest BCUT2D eigenvalue weighted by atomic mass is 9.99. The zero-order chi connectivity index (χ0) is 19.8. The molecule has 150 valence electrons. The third-order valence-corrected chi connectivity index (χ3v) is 6.80. The number of piperidine rings is 1. The molecule has 3 aromatic rings. The van der Waals surface area contributed by atoms with Gasteiger partial charge in [-0.1, -0.05) is 0 Å². The summed E-state index contributed by atoms with van der Waals surface area (Å²) in [7, 11) is 0. The normalized spacial score (nSPS) is 17.4. The zero-order valence-electron chi connectivity index (χ0n) is 16.4. The lowest BCUT2D eigenvalue weighted by Gasteiger charge is -2.20. The maximum absolute atomic E-state index is 13.9. The van der Waals surface area contributed by atoms with Crippen LogP contribution >= 0.6 is 11.3 Å². The monoisotopic (exact) mass is 409 g/mol. The van der Waals surface area contributed by atoms with Crippen molar-refractivity contribution >= 4 is 17.3 Å². The first-order chi connectivity index (χ1) is 14.2. The molecule has 5 rings (SSSR count). The minimum Gasteiger partial charge on any atom is -0.351 e. The van der Waals surface area contributed by atoms with Crippen molar-refractivity contribution < 1.29 is 4.39 Å². The molecule has 0 atom stereocenters. The van der Waals surface area contributed by atoms with Crippen LogP contribution in [0.25, 0.3) is 21.8 Å². The fourth-order valence-electron chi connectivity index (χ4n) is 3.71. The highest BCUT2D eigenvalue weighted by atomic mass is 32.1. The molecule has 0 bridgehead atoms. The Morgan fingerprint density at radius 2 is 1.93 bits per heavy atom. The van der Waals surface area contributed by atoms with Crippen molar-refractivity contribution in [1.29, 1.82) is 0 Å². The molecule has 1 aliphatic carbocycles. The Morgan fingerprint density at radius 1 is 1.10 bits per heavy atom. The number of nitrogens with zero attached hydrogens (tertiary/aromatic N) is 3. The van der Waals surface area contributed by atoms with Crippen LogP contribution in [0.3, 0.4) is 0 Å². The quantitative estimate of drug-likeness (QED) is 0.636. The van der Waals surface area contributed by atoms with Crippen LogP contribution in [0.5, 0.6) is 0 Å². The van der Waals surface area contributed by atoms with Crippen molar-refractivity contribution in [3.05, 3.63) is 46.9 Å². The van der Waals surface area contributed by atoms with Crippen molar-refractivity contribution in [1.82, 2.24) is 20.3 Å². The van der Waals surface area contributed by atoms with E-state index in [1.807, 2.05) is 18.2 Å². The Hall–Kier alpha value is -2.38. The summed E-state index contributed by atoms with van der Waals surface area (Å²) in [5.74, 6) is 0.936. The van der Waals surface area contributed by atoms with Gasteiger partial charge in [0.1, 0.15) is 5.82 Å². The van der Waals surface area contributed by atoms with Crippen LogP contribution in [-0.2, 0) is 0 Å². The number of thiazole rings is 1. The summed E-state index contributed by atoms with van der Waals surface area (Å²) in [6.07, 6.45) is 6.33. The Bertz CT molecular complexity index is 1020. The molecular weight excluding hydrogens is 385 g/mol. The molecule has 0 amide bonds. The summed E-state index contributed by atoms with van der Waals surface area (Å²) < 4.78 is 13.9. The third-order valence-electron chi connectivity index (χ3n) is 5.56. The SMILES string of the molecule is Cc1cc(-c2nc(C3CCNCC3)sc2-c2ccnc(NC3CC3)n2)ccc1F. The number of aromatic nitrogens is 3. The highest BCUT2D eigenvalue weighted by molar-refractivity contribution is 7.15. The number of hydrogen-bond acceptors (Lipinski definition) is 6. The minimum absolute atomic E-state index is 0.193. The van der Waals surface area contributed by atoms with E-state index in [2.05, 4.69) is 15.6 Å². The summed E-state index contributed by atoms with van der Waals surface area (Å²) in [6.45, 7) is 3.84. The number of rotatable bonds is 5. The van der Waals surface area contributed by atoms with Crippen LogP contribution in [0.15, 0.2) is 30.5 Å². The molecule has 29 heavy (non-hydrogen) atoms. The fourth-order valence-corrected chi connectivity index (χ4v) is 4.93. The molecule has 3 heterocycles. The molecule has 0 radical (unpaired) electrons. The molecule has 2 aromatic heterocycles. The van der Waals surface area contributed by atoms with Crippen molar-refractivity contribution in [2.24, 2.45) is 0 Å². The lowest BCUT2D eigenvalue weighted by molar-refractivity contribution is 0.459. The molecule has 1 aromatic carbocycles. The molecule has 7 heteroatoms. The maximum atomic E-state index is 13.9. The second-order valence-electron chi connectivity index (χ2n) is 7.90. The summed E-state index contributed by atoms with van der Waals surface area (Å²) in [5.41, 5.74) is 3.33. The Labute approximate surface area is 173 Å². The Balaban J connectivity index is 1.58. The van der Waals surface area contributed by atoms with Gasteiger partial charge < -0.3 is 10.6 Å². The molecule has 0 spiro atoms. The standard InChI is InChI=1S/C22H24FN5S/c1-13-12-15(2-5-17(13)23)19-20(29-21(28-19)14-6-9-24-10-7-14)18-8-11-25-22(27-18)26-16-3-4-16/h2,5,8,11-12,14,16,24H,3-4,6-7,9-10H2,1H3,(H,25,26,27). The summed E-state index contributed by atoms with van der Waals surface area (Å²) in [4.78, 5) is 15.2. The third kappa shape index (κ3) is 4.02. The van der Waals surface area contributed by atoms with Gasteiger partial charge in [-0.2, -0.15) is 0 Å². The van der Waals surface area contributed by atoms with E-state index in [-0.39, 0.29) is 5.82 Å². The topological polar surface area (TPSA) is 62.7 Å². The van der Waals surface area contributed by atoms with Crippen molar-refractivity contribution in [3.63, 3.8) is 0 Å². The van der Waals surface area contributed by atoms with Crippen LogP contribution < -0.4 is 10.6 Å². The second-order valence-corrected chi connectivity index (χ2v) is 8.93. The molecule has 1 saturated carbocycles. The molecule has 2 aliphatic rings. The van der Waals surface area contributed by atoms with E-state index in [4.69, 9.17) is 9.97 Å². The van der Waals surface area contributed by atoms with E-state index >= 15 is 0 Å². The predicted molar refractivity (Wildman–Crippen MR) is 115 cm³/mol. The van der Waals surface area contributed by atoms with E-state index in [0.29, 0.717) is 23.5 Å². The predicted octanol–water partition coefficient (Wildman–Crippen LogP) is 4.76. The van der Waals surface area contributed by atoms with Crippen molar-refractivity contribution in [3.8, 4) is 21.8 Å². The molecule has 2 fully saturated rings. The number of benzene rings is 1. The van der Waals surface area contributed by atoms with E-state index < -0.39 is 0 Å². The van der Waals surface area contributed by atoms with Crippen molar-refractivity contribution in [2.75, 3.05) is 18.4 Å². The number of hydrogen-bond donors (Lipinski definition) is 2. The van der Waals surface area contributed by atoms with E-state index in [0.717, 1.165) is 52.8 Å². The number of nitrogens with one attached hydrogen (secondary N) is 2. The van der Waals surface area contributed by atoms with Gasteiger partial charge in [-0.05, 0) is 75.5 Å². The van der Waals surface area contributed by atoms with Gasteiger partial charge in [0, 0.05) is 23.7 Å². The van der Waals surface area contributed by atoms with Gasteiger partial charge in [0.15, 0.2) is 0 Å². The first-order valence-electron chi connectivity index (χ1n) is 10.3. The molecular formula is C22H24FN5S. The maximum Gasteiger partial charge on any atom is 0.223 e. The van der Waals surface area contributed by atoms with Gasteiger partial charge in [-0.15, -0.1) is 11.3 Å². The van der Waals surface area contributed by atoms with Crippen LogP contribution in [0, 0.1) is 12.7 Å². The zero-order valence-corrected chi connectivity index (χ0v) is 17.2. The Kier molecular flexibility index (Phi) is 5.01. The van der Waals surface area contributed by atoms with Crippen LogP contribution in [-0.4, -0.2) is 34.1 Å². The molecule has 2 N–H and O–H groups in total. The summed E-state index contributed by atoms with van der Waals surface area (Å²) >= 11 is 1.72. The minimum atomic E-state index is -0.193. The Morgan fingerprint density at radius 3 is 2.69 bits per heavy atom. The van der Waals surface area contributed by atoms with Gasteiger partial charge in [0.25, 0.3) is 0 Å². The fraction of sp³-hybridized carbons (Fsp3) is 0.409. The van der Waals surface area contributed by atoms with E-state index in [1.165, 1.54) is 18.9 Å². The van der Waals surface area contributed by atoms with Crippen molar-refractivity contribution in [2.45, 2.75) is 44.6 Å². The largest absolute Gasteiger partial charge is 0.351 e. The van der Waals surface area contributed by atoms with Gasteiger partial charge in [0.05, 0.1) is 21.3 Å².